The molecule has 2 aliphatic heterocycles. The zero-order chi connectivity index (χ0) is 23.2. The van der Waals surface area contributed by atoms with Gasteiger partial charge in [0.1, 0.15) is 5.75 Å². The lowest BCUT2D eigenvalue weighted by Gasteiger charge is -2.27. The number of nitrogens with one attached hydrogen (secondary N) is 2. The molecule has 0 saturated carbocycles. The van der Waals surface area contributed by atoms with Crippen LogP contribution in [0.15, 0.2) is 42.5 Å². The Labute approximate surface area is 188 Å². The highest BCUT2D eigenvalue weighted by molar-refractivity contribution is 5.95. The molecule has 2 N–H and O–H groups in total. The number of hydrogen-bond acceptors (Lipinski definition) is 6. The minimum Gasteiger partial charge on any atom is -0.484 e. The van der Waals surface area contributed by atoms with Crippen molar-refractivity contribution in [3.63, 3.8) is 0 Å². The van der Waals surface area contributed by atoms with E-state index in [2.05, 4.69) is 15.5 Å². The number of alkyl halides is 3. The van der Waals surface area contributed by atoms with Crippen molar-refractivity contribution in [3.05, 3.63) is 53.7 Å². The van der Waals surface area contributed by atoms with Gasteiger partial charge in [-0.1, -0.05) is 0 Å². The summed E-state index contributed by atoms with van der Waals surface area (Å²) in [5.74, 6) is 0.486. The Hall–Kier alpha value is -3.40. The standard InChI is InChI=1S/C23H22F3N5O2/c1-13-19-9-15(29-21(32)12-33-18-5-2-14(3-6-18)23(24,25)26)4-7-20(19)30-22(28-13)31-11-16-8-17(31)10-27-16/h2-7,9,16-17,27H,8,10-12H2,1H3,(H,29,32). The summed E-state index contributed by atoms with van der Waals surface area (Å²) in [7, 11) is 0. The summed E-state index contributed by atoms with van der Waals surface area (Å²) >= 11 is 0. The molecular weight excluding hydrogens is 435 g/mol. The summed E-state index contributed by atoms with van der Waals surface area (Å²) in [5.41, 5.74) is 1.41. The van der Waals surface area contributed by atoms with Crippen molar-refractivity contribution < 1.29 is 22.7 Å². The van der Waals surface area contributed by atoms with Crippen molar-refractivity contribution in [2.45, 2.75) is 31.6 Å². The van der Waals surface area contributed by atoms with Gasteiger partial charge in [0.25, 0.3) is 5.91 Å². The Bertz CT molecular complexity index is 1200. The van der Waals surface area contributed by atoms with Crippen LogP contribution in [0.25, 0.3) is 10.9 Å². The second-order valence-corrected chi connectivity index (χ2v) is 8.35. The SMILES string of the molecule is Cc1nc(N2CC3CC2CN3)nc2ccc(NC(=O)COc3ccc(C(F)(F)F)cc3)cc12. The number of halogens is 3. The maximum atomic E-state index is 12.6. The summed E-state index contributed by atoms with van der Waals surface area (Å²) in [6.07, 6.45) is -3.31. The molecule has 5 rings (SSSR count). The molecular formula is C23H22F3N5O2. The molecule has 2 unspecified atom stereocenters. The number of aromatic nitrogens is 2. The third-order valence-electron chi connectivity index (χ3n) is 6.02. The van der Waals surface area contributed by atoms with Crippen molar-refractivity contribution >= 4 is 28.4 Å². The van der Waals surface area contributed by atoms with Gasteiger partial charge in [-0.05, 0) is 55.8 Å². The molecule has 7 nitrogen and oxygen atoms in total. The van der Waals surface area contributed by atoms with Gasteiger partial charge in [-0.25, -0.2) is 9.97 Å². The molecule has 2 atom stereocenters. The summed E-state index contributed by atoms with van der Waals surface area (Å²) in [4.78, 5) is 23.9. The fourth-order valence-electron chi connectivity index (χ4n) is 4.36. The number of piperazine rings is 1. The number of fused-ring (bicyclic) bond motifs is 3. The largest absolute Gasteiger partial charge is 0.484 e. The van der Waals surface area contributed by atoms with E-state index in [1.54, 1.807) is 6.07 Å². The van der Waals surface area contributed by atoms with E-state index >= 15 is 0 Å². The first kappa shape index (κ1) is 21.4. The molecule has 0 aliphatic carbocycles. The van der Waals surface area contributed by atoms with E-state index in [9.17, 15) is 18.0 Å². The minimum atomic E-state index is -4.42. The molecule has 2 aliphatic rings. The van der Waals surface area contributed by atoms with Gasteiger partial charge in [-0.2, -0.15) is 13.2 Å². The summed E-state index contributed by atoms with van der Waals surface area (Å²) < 4.78 is 43.2. The Balaban J connectivity index is 1.24. The maximum absolute atomic E-state index is 12.6. The van der Waals surface area contributed by atoms with Crippen molar-refractivity contribution in [2.75, 3.05) is 29.9 Å². The van der Waals surface area contributed by atoms with Crippen LogP contribution >= 0.6 is 0 Å². The number of carbonyl (C=O) groups excluding carboxylic acids is 1. The monoisotopic (exact) mass is 457 g/mol. The molecule has 2 saturated heterocycles. The van der Waals surface area contributed by atoms with Crippen LogP contribution in [0.1, 0.15) is 17.7 Å². The van der Waals surface area contributed by atoms with E-state index in [-0.39, 0.29) is 12.4 Å². The van der Waals surface area contributed by atoms with Gasteiger partial charge in [0.2, 0.25) is 5.95 Å². The molecule has 2 bridgehead atoms. The van der Waals surface area contributed by atoms with Gasteiger partial charge < -0.3 is 20.3 Å². The molecule has 10 heteroatoms. The van der Waals surface area contributed by atoms with Crippen molar-refractivity contribution in [2.24, 2.45) is 0 Å². The second-order valence-electron chi connectivity index (χ2n) is 8.35. The van der Waals surface area contributed by atoms with E-state index < -0.39 is 17.6 Å². The van der Waals surface area contributed by atoms with Gasteiger partial charge >= 0.3 is 6.18 Å². The van der Waals surface area contributed by atoms with Crippen LogP contribution < -0.4 is 20.3 Å². The van der Waals surface area contributed by atoms with E-state index in [1.165, 1.54) is 12.1 Å². The number of ether oxygens (including phenoxy) is 1. The number of anilines is 2. The fourth-order valence-corrected chi connectivity index (χ4v) is 4.36. The van der Waals surface area contributed by atoms with Crippen LogP contribution in [0, 0.1) is 6.92 Å². The zero-order valence-corrected chi connectivity index (χ0v) is 17.8. The first-order chi connectivity index (χ1) is 15.8. The highest BCUT2D eigenvalue weighted by atomic mass is 19.4. The fraction of sp³-hybridized carbons (Fsp3) is 0.348. The quantitative estimate of drug-likeness (QED) is 0.611. The van der Waals surface area contributed by atoms with Gasteiger partial charge in [0.15, 0.2) is 6.61 Å². The molecule has 33 heavy (non-hydrogen) atoms. The van der Waals surface area contributed by atoms with E-state index in [4.69, 9.17) is 14.7 Å². The van der Waals surface area contributed by atoms with Crippen LogP contribution in [0.2, 0.25) is 0 Å². The summed E-state index contributed by atoms with van der Waals surface area (Å²) in [5, 5.41) is 7.05. The second kappa shape index (κ2) is 8.18. The molecule has 0 radical (unpaired) electrons. The van der Waals surface area contributed by atoms with Crippen molar-refractivity contribution in [3.8, 4) is 5.75 Å². The molecule has 2 aromatic carbocycles. The van der Waals surface area contributed by atoms with E-state index in [0.29, 0.717) is 17.8 Å². The maximum Gasteiger partial charge on any atom is 0.416 e. The molecule has 172 valence electrons. The Morgan fingerprint density at radius 3 is 2.67 bits per heavy atom. The molecule has 3 aromatic rings. The van der Waals surface area contributed by atoms with Gasteiger partial charge in [-0.15, -0.1) is 0 Å². The molecule has 3 heterocycles. The highest BCUT2D eigenvalue weighted by Crippen LogP contribution is 2.31. The predicted molar refractivity (Wildman–Crippen MR) is 117 cm³/mol. The van der Waals surface area contributed by atoms with Crippen molar-refractivity contribution in [1.29, 1.82) is 0 Å². The third kappa shape index (κ3) is 4.43. The number of hydrogen-bond donors (Lipinski definition) is 2. The summed E-state index contributed by atoms with van der Waals surface area (Å²) in [6, 6.07) is 10.5. The number of amides is 1. The van der Waals surface area contributed by atoms with E-state index in [0.717, 1.165) is 54.2 Å². The number of rotatable bonds is 5. The van der Waals surface area contributed by atoms with Crippen LogP contribution in [0.3, 0.4) is 0 Å². The van der Waals surface area contributed by atoms with Crippen LogP contribution in [-0.2, 0) is 11.0 Å². The van der Waals surface area contributed by atoms with Gasteiger partial charge in [0, 0.05) is 36.2 Å². The first-order valence-corrected chi connectivity index (χ1v) is 10.6. The topological polar surface area (TPSA) is 79.4 Å². The van der Waals surface area contributed by atoms with Gasteiger partial charge in [0.05, 0.1) is 16.8 Å². The smallest absolute Gasteiger partial charge is 0.416 e. The average molecular weight is 457 g/mol. The lowest BCUT2D eigenvalue weighted by molar-refractivity contribution is -0.137. The Kier molecular flexibility index (Phi) is 5.32. The molecule has 1 aromatic heterocycles. The van der Waals surface area contributed by atoms with E-state index in [1.807, 2.05) is 19.1 Å². The van der Waals surface area contributed by atoms with Gasteiger partial charge in [-0.3, -0.25) is 4.79 Å². The number of nitrogens with zero attached hydrogens (tertiary/aromatic N) is 3. The average Bonchev–Trinajstić information content (AvgIpc) is 3.42. The number of carbonyl (C=O) groups is 1. The summed E-state index contributed by atoms with van der Waals surface area (Å²) in [6.45, 7) is 3.44. The Morgan fingerprint density at radius 1 is 1.21 bits per heavy atom. The first-order valence-electron chi connectivity index (χ1n) is 10.6. The molecule has 1 amide bonds. The number of benzene rings is 2. The predicted octanol–water partition coefficient (Wildman–Crippen LogP) is 3.53. The molecule has 0 spiro atoms. The van der Waals surface area contributed by atoms with Crippen LogP contribution in [-0.4, -0.2) is 47.7 Å². The highest BCUT2D eigenvalue weighted by Gasteiger charge is 2.39. The third-order valence-corrected chi connectivity index (χ3v) is 6.02. The van der Waals surface area contributed by atoms with Crippen LogP contribution in [0.5, 0.6) is 5.75 Å². The Morgan fingerprint density at radius 2 is 2.00 bits per heavy atom. The van der Waals surface area contributed by atoms with Crippen LogP contribution in [0.4, 0.5) is 24.8 Å². The molecule has 2 fully saturated rings. The minimum absolute atomic E-state index is 0.180. The normalized spacial score (nSPS) is 19.8. The zero-order valence-electron chi connectivity index (χ0n) is 17.8. The van der Waals surface area contributed by atoms with Crippen molar-refractivity contribution in [1.82, 2.24) is 15.3 Å². The number of aryl methyl sites for hydroxylation is 1. The lowest BCUT2D eigenvalue weighted by Crippen LogP contribution is -2.44. The lowest BCUT2D eigenvalue weighted by atomic mass is 10.1.